The predicted octanol–water partition coefficient (Wildman–Crippen LogP) is 3.02. The molecule has 1 aromatic rings. The van der Waals surface area contributed by atoms with Gasteiger partial charge in [-0.05, 0) is 24.5 Å². The molecule has 0 radical (unpaired) electrons. The van der Waals surface area contributed by atoms with Gasteiger partial charge < -0.3 is 9.47 Å². The summed E-state index contributed by atoms with van der Waals surface area (Å²) >= 11 is 0. The van der Waals surface area contributed by atoms with Crippen molar-refractivity contribution in [1.82, 2.24) is 0 Å². The van der Waals surface area contributed by atoms with Crippen LogP contribution in [0.3, 0.4) is 0 Å². The maximum Gasteiger partial charge on any atom is 0.406 e. The second-order valence-corrected chi connectivity index (χ2v) is 5.20. The van der Waals surface area contributed by atoms with Gasteiger partial charge in [-0.15, -0.1) is 0 Å². The molecular formula is C15H18F3NO3. The first kappa shape index (κ1) is 16.6. The molecule has 0 aromatic heterocycles. The number of anilines is 1. The highest BCUT2D eigenvalue weighted by atomic mass is 19.4. The van der Waals surface area contributed by atoms with Gasteiger partial charge in [0, 0.05) is 19.6 Å². The van der Waals surface area contributed by atoms with Crippen molar-refractivity contribution >= 4 is 11.6 Å². The fourth-order valence-corrected chi connectivity index (χ4v) is 2.44. The quantitative estimate of drug-likeness (QED) is 0.838. The number of carbonyl (C=O) groups is 1. The van der Waals surface area contributed by atoms with E-state index in [0.29, 0.717) is 19.6 Å². The topological polar surface area (TPSA) is 38.8 Å². The Labute approximate surface area is 126 Å². The van der Waals surface area contributed by atoms with Crippen LogP contribution in [0.4, 0.5) is 18.9 Å². The summed E-state index contributed by atoms with van der Waals surface area (Å²) in [5.41, 5.74) is 0.131. The molecule has 4 nitrogen and oxygen atoms in total. The number of methoxy groups -OCH3 is 1. The highest BCUT2D eigenvalue weighted by Crippen LogP contribution is 2.32. The van der Waals surface area contributed by atoms with Crippen molar-refractivity contribution in [3.05, 3.63) is 24.3 Å². The number of carbonyl (C=O) groups excluding carboxylic acids is 1. The number of hydrogen-bond donors (Lipinski definition) is 0. The summed E-state index contributed by atoms with van der Waals surface area (Å²) in [6, 6.07) is 6.20. The molecule has 1 amide bonds. The molecule has 0 aliphatic carbocycles. The van der Waals surface area contributed by atoms with Gasteiger partial charge in [0.2, 0.25) is 5.91 Å². The lowest BCUT2D eigenvalue weighted by Crippen LogP contribution is -2.40. The van der Waals surface area contributed by atoms with Crippen molar-refractivity contribution in [2.24, 2.45) is 5.92 Å². The molecule has 0 unspecified atom stereocenters. The van der Waals surface area contributed by atoms with Crippen molar-refractivity contribution in [3.63, 3.8) is 0 Å². The molecule has 22 heavy (non-hydrogen) atoms. The smallest absolute Gasteiger partial charge is 0.406 e. The third kappa shape index (κ3) is 4.37. The SMILES string of the molecule is COc1ccccc1N(CC(F)(F)F)C(=O)C[C@@H]1CCOC1. The lowest BCUT2D eigenvalue weighted by Gasteiger charge is -2.26. The average molecular weight is 317 g/mol. The highest BCUT2D eigenvalue weighted by Gasteiger charge is 2.35. The molecule has 1 aromatic carbocycles. The van der Waals surface area contributed by atoms with Crippen LogP contribution >= 0.6 is 0 Å². The molecule has 1 aliphatic rings. The Morgan fingerprint density at radius 1 is 1.41 bits per heavy atom. The van der Waals surface area contributed by atoms with Crippen LogP contribution in [-0.2, 0) is 9.53 Å². The maximum absolute atomic E-state index is 12.8. The molecule has 1 fully saturated rings. The van der Waals surface area contributed by atoms with Gasteiger partial charge in [-0.2, -0.15) is 13.2 Å². The molecule has 0 spiro atoms. The van der Waals surface area contributed by atoms with E-state index in [0.717, 1.165) is 4.90 Å². The van der Waals surface area contributed by atoms with E-state index in [1.54, 1.807) is 12.1 Å². The Kier molecular flexibility index (Phi) is 5.28. The summed E-state index contributed by atoms with van der Waals surface area (Å²) < 4.78 is 48.8. The van der Waals surface area contributed by atoms with Crippen molar-refractivity contribution < 1.29 is 27.4 Å². The summed E-state index contributed by atoms with van der Waals surface area (Å²) in [7, 11) is 1.36. The molecule has 7 heteroatoms. The van der Waals surface area contributed by atoms with Gasteiger partial charge in [0.1, 0.15) is 12.3 Å². The summed E-state index contributed by atoms with van der Waals surface area (Å²) in [4.78, 5) is 13.1. The van der Waals surface area contributed by atoms with Crippen molar-refractivity contribution in [2.45, 2.75) is 19.0 Å². The molecule has 1 heterocycles. The van der Waals surface area contributed by atoms with Gasteiger partial charge in [-0.3, -0.25) is 9.69 Å². The van der Waals surface area contributed by atoms with E-state index in [1.807, 2.05) is 0 Å². The Morgan fingerprint density at radius 2 is 2.14 bits per heavy atom. The van der Waals surface area contributed by atoms with E-state index >= 15 is 0 Å². The number of halogens is 3. The van der Waals surface area contributed by atoms with Crippen LogP contribution in [0.25, 0.3) is 0 Å². The van der Waals surface area contributed by atoms with Gasteiger partial charge in [-0.25, -0.2) is 0 Å². The van der Waals surface area contributed by atoms with Gasteiger partial charge >= 0.3 is 6.18 Å². The summed E-state index contributed by atoms with van der Waals surface area (Å²) in [6.07, 6.45) is -3.76. The Balaban J connectivity index is 2.23. The Hall–Kier alpha value is -1.76. The third-order valence-electron chi connectivity index (χ3n) is 3.50. The van der Waals surface area contributed by atoms with Gasteiger partial charge in [0.15, 0.2) is 0 Å². The molecule has 1 aliphatic heterocycles. The highest BCUT2D eigenvalue weighted by molar-refractivity contribution is 5.95. The van der Waals surface area contributed by atoms with Gasteiger partial charge in [-0.1, -0.05) is 12.1 Å². The Bertz CT molecular complexity index is 513. The lowest BCUT2D eigenvalue weighted by molar-refractivity contribution is -0.133. The minimum atomic E-state index is -4.48. The van der Waals surface area contributed by atoms with Crippen LogP contribution in [0.15, 0.2) is 24.3 Å². The average Bonchev–Trinajstić information content (AvgIpc) is 2.96. The van der Waals surface area contributed by atoms with Crippen LogP contribution in [0.1, 0.15) is 12.8 Å². The monoisotopic (exact) mass is 317 g/mol. The first-order valence-electron chi connectivity index (χ1n) is 6.98. The minimum absolute atomic E-state index is 0.0297. The molecule has 0 bridgehead atoms. The Morgan fingerprint density at radius 3 is 2.73 bits per heavy atom. The summed E-state index contributed by atoms with van der Waals surface area (Å²) in [5, 5.41) is 0. The number of rotatable bonds is 5. The van der Waals surface area contributed by atoms with Crippen molar-refractivity contribution in [1.29, 1.82) is 0 Å². The van der Waals surface area contributed by atoms with E-state index in [9.17, 15) is 18.0 Å². The van der Waals surface area contributed by atoms with Crippen LogP contribution in [0.2, 0.25) is 0 Å². The zero-order valence-electron chi connectivity index (χ0n) is 12.2. The predicted molar refractivity (Wildman–Crippen MR) is 74.9 cm³/mol. The van der Waals surface area contributed by atoms with E-state index in [4.69, 9.17) is 9.47 Å². The van der Waals surface area contributed by atoms with E-state index in [1.165, 1.54) is 19.2 Å². The van der Waals surface area contributed by atoms with Gasteiger partial charge in [0.25, 0.3) is 0 Å². The maximum atomic E-state index is 12.8. The van der Waals surface area contributed by atoms with Crippen molar-refractivity contribution in [3.8, 4) is 5.75 Å². The molecule has 0 N–H and O–H groups in total. The second-order valence-electron chi connectivity index (χ2n) is 5.20. The number of ether oxygens (including phenoxy) is 2. The third-order valence-corrected chi connectivity index (χ3v) is 3.50. The summed E-state index contributed by atoms with van der Waals surface area (Å²) in [5.74, 6) is -0.363. The van der Waals surface area contributed by atoms with E-state index < -0.39 is 18.6 Å². The zero-order valence-corrected chi connectivity index (χ0v) is 12.2. The number of para-hydroxylation sites is 2. The fourth-order valence-electron chi connectivity index (χ4n) is 2.44. The lowest BCUT2D eigenvalue weighted by atomic mass is 10.0. The molecule has 2 rings (SSSR count). The van der Waals surface area contributed by atoms with Crippen LogP contribution in [0, 0.1) is 5.92 Å². The number of amides is 1. The fraction of sp³-hybridized carbons (Fsp3) is 0.533. The number of alkyl halides is 3. The largest absolute Gasteiger partial charge is 0.495 e. The standard InChI is InChI=1S/C15H18F3NO3/c1-21-13-5-3-2-4-12(13)19(10-15(16,17)18)14(20)8-11-6-7-22-9-11/h2-5,11H,6-10H2,1H3/t11-/m0/s1. The molecular weight excluding hydrogens is 299 g/mol. The van der Waals surface area contributed by atoms with Crippen LogP contribution < -0.4 is 9.64 Å². The van der Waals surface area contributed by atoms with Crippen LogP contribution in [-0.4, -0.2) is 39.0 Å². The minimum Gasteiger partial charge on any atom is -0.495 e. The first-order valence-corrected chi connectivity index (χ1v) is 6.98. The number of benzene rings is 1. The molecule has 0 saturated carbocycles. The zero-order chi connectivity index (χ0) is 16.2. The summed E-state index contributed by atoms with van der Waals surface area (Å²) in [6.45, 7) is -0.372. The first-order chi connectivity index (χ1) is 10.4. The second kappa shape index (κ2) is 7.00. The molecule has 1 saturated heterocycles. The van der Waals surface area contributed by atoms with E-state index in [2.05, 4.69) is 0 Å². The number of nitrogens with zero attached hydrogens (tertiary/aromatic N) is 1. The number of hydrogen-bond acceptors (Lipinski definition) is 3. The molecule has 1 atom stereocenters. The van der Waals surface area contributed by atoms with E-state index in [-0.39, 0.29) is 23.8 Å². The van der Waals surface area contributed by atoms with Crippen LogP contribution in [0.5, 0.6) is 5.75 Å². The normalized spacial score (nSPS) is 18.3. The van der Waals surface area contributed by atoms with Crippen molar-refractivity contribution in [2.75, 3.05) is 31.8 Å². The molecule has 122 valence electrons. The van der Waals surface area contributed by atoms with Gasteiger partial charge in [0.05, 0.1) is 12.8 Å².